The predicted octanol–water partition coefficient (Wildman–Crippen LogP) is 0.377. The highest BCUT2D eigenvalue weighted by molar-refractivity contribution is 8.18. The van der Waals surface area contributed by atoms with Crippen molar-refractivity contribution in [1.82, 2.24) is 5.32 Å². The molecule has 1 fully saturated rings. The molecule has 50 valence electrons. The van der Waals surface area contributed by atoms with Crippen LogP contribution in [0, 0.1) is 11.3 Å². The number of nitrogens with one attached hydrogen (secondary N) is 1. The van der Waals surface area contributed by atoms with Gasteiger partial charge in [0.15, 0.2) is 0 Å². The van der Waals surface area contributed by atoms with Gasteiger partial charge in [-0.15, -0.1) is 0 Å². The van der Waals surface area contributed by atoms with Crippen molar-refractivity contribution in [3.05, 3.63) is 11.0 Å². The van der Waals surface area contributed by atoms with Crippen LogP contribution < -0.4 is 5.32 Å². The number of hydrogen-bond acceptors (Lipinski definition) is 4. The van der Waals surface area contributed by atoms with Crippen molar-refractivity contribution in [2.24, 2.45) is 0 Å². The van der Waals surface area contributed by atoms with Gasteiger partial charge in [-0.2, -0.15) is 5.26 Å². The highest BCUT2D eigenvalue weighted by Gasteiger charge is 2.24. The molecule has 0 spiro atoms. The monoisotopic (exact) mass is 154 g/mol. The normalized spacial score (nSPS) is 20.9. The fourth-order valence-electron chi connectivity index (χ4n) is 0.480. The first kappa shape index (κ1) is 6.83. The average molecular weight is 154 g/mol. The van der Waals surface area contributed by atoms with Gasteiger partial charge in [0.05, 0.1) is 11.0 Å². The van der Waals surface area contributed by atoms with Gasteiger partial charge in [-0.3, -0.25) is 14.9 Å². The SMILES string of the molecule is N#CC=C1SC(=O)NC1=O. The summed E-state index contributed by atoms with van der Waals surface area (Å²) >= 11 is 0.737. The van der Waals surface area contributed by atoms with Crippen molar-refractivity contribution in [1.29, 1.82) is 5.26 Å². The number of carbonyl (C=O) groups excluding carboxylic acids is 2. The van der Waals surface area contributed by atoms with E-state index in [1.165, 1.54) is 0 Å². The van der Waals surface area contributed by atoms with E-state index in [9.17, 15) is 9.59 Å². The number of carbonyl (C=O) groups is 2. The van der Waals surface area contributed by atoms with Crippen LogP contribution >= 0.6 is 11.8 Å². The third-order valence-electron chi connectivity index (χ3n) is 0.838. The zero-order chi connectivity index (χ0) is 7.56. The molecule has 1 saturated heterocycles. The number of imide groups is 1. The predicted molar refractivity (Wildman–Crippen MR) is 34.8 cm³/mol. The molecule has 4 nitrogen and oxygen atoms in total. The fraction of sp³-hybridized carbons (Fsp3) is 0. The number of rotatable bonds is 0. The van der Waals surface area contributed by atoms with E-state index in [1.807, 2.05) is 5.32 Å². The Hall–Kier alpha value is -1.28. The quantitative estimate of drug-likeness (QED) is 0.404. The molecule has 1 aliphatic heterocycles. The van der Waals surface area contributed by atoms with Crippen molar-refractivity contribution in [2.75, 3.05) is 0 Å². The first-order valence-corrected chi connectivity index (χ1v) is 3.18. The van der Waals surface area contributed by atoms with Gasteiger partial charge >= 0.3 is 0 Å². The summed E-state index contributed by atoms with van der Waals surface area (Å²) in [6, 6.07) is 1.66. The molecule has 0 unspecified atom stereocenters. The Morgan fingerprint density at radius 3 is 2.70 bits per heavy atom. The molecule has 0 aromatic carbocycles. The van der Waals surface area contributed by atoms with E-state index in [-0.39, 0.29) is 4.91 Å². The molecule has 0 saturated carbocycles. The Balaban J connectivity index is 2.85. The maximum Gasteiger partial charge on any atom is 0.290 e. The number of thioether (sulfide) groups is 1. The summed E-state index contributed by atoms with van der Waals surface area (Å²) in [4.78, 5) is 21.2. The topological polar surface area (TPSA) is 70.0 Å². The molecule has 1 heterocycles. The summed E-state index contributed by atoms with van der Waals surface area (Å²) in [7, 11) is 0. The lowest BCUT2D eigenvalue weighted by Crippen LogP contribution is -2.17. The summed E-state index contributed by atoms with van der Waals surface area (Å²) in [5.74, 6) is -0.489. The number of nitriles is 1. The van der Waals surface area contributed by atoms with Crippen LogP contribution in [-0.4, -0.2) is 11.1 Å². The Bertz CT molecular complexity index is 263. The van der Waals surface area contributed by atoms with Crippen molar-refractivity contribution in [2.45, 2.75) is 0 Å². The van der Waals surface area contributed by atoms with Crippen molar-refractivity contribution >= 4 is 22.9 Å². The molecule has 5 heteroatoms. The minimum atomic E-state index is -0.489. The van der Waals surface area contributed by atoms with Crippen LogP contribution in [0.3, 0.4) is 0 Å². The average Bonchev–Trinajstić information content (AvgIpc) is 2.13. The lowest BCUT2D eigenvalue weighted by Gasteiger charge is -1.80. The number of amides is 2. The molecule has 0 aliphatic carbocycles. The summed E-state index contributed by atoms with van der Waals surface area (Å²) < 4.78 is 0. The van der Waals surface area contributed by atoms with E-state index in [4.69, 9.17) is 5.26 Å². The van der Waals surface area contributed by atoms with Gasteiger partial charge in [0.25, 0.3) is 11.1 Å². The molecule has 1 rings (SSSR count). The van der Waals surface area contributed by atoms with Crippen molar-refractivity contribution in [3.63, 3.8) is 0 Å². The van der Waals surface area contributed by atoms with Gasteiger partial charge in [0.1, 0.15) is 0 Å². The smallest absolute Gasteiger partial charge is 0.282 e. The van der Waals surface area contributed by atoms with Crippen LogP contribution in [0.5, 0.6) is 0 Å². The van der Waals surface area contributed by atoms with E-state index >= 15 is 0 Å². The molecule has 1 aliphatic rings. The highest BCUT2D eigenvalue weighted by Crippen LogP contribution is 2.21. The summed E-state index contributed by atoms with van der Waals surface area (Å²) in [5.41, 5.74) is 0. The van der Waals surface area contributed by atoms with E-state index < -0.39 is 11.1 Å². The third-order valence-corrected chi connectivity index (χ3v) is 1.65. The van der Waals surface area contributed by atoms with E-state index in [1.54, 1.807) is 6.07 Å². The molecular formula is C5H2N2O2S. The molecule has 0 aromatic rings. The molecule has 1 N–H and O–H groups in total. The lowest BCUT2D eigenvalue weighted by atomic mass is 10.5. The first-order valence-electron chi connectivity index (χ1n) is 2.37. The number of nitrogens with zero attached hydrogens (tertiary/aromatic N) is 1. The second-order valence-electron chi connectivity index (χ2n) is 1.48. The van der Waals surface area contributed by atoms with E-state index in [2.05, 4.69) is 0 Å². The van der Waals surface area contributed by atoms with Crippen LogP contribution in [0.25, 0.3) is 0 Å². The first-order chi connectivity index (χ1) is 4.74. The van der Waals surface area contributed by atoms with Crippen molar-refractivity contribution in [3.8, 4) is 6.07 Å². The van der Waals surface area contributed by atoms with Crippen LogP contribution in [0.4, 0.5) is 4.79 Å². The largest absolute Gasteiger partial charge is 0.290 e. The fourth-order valence-corrected chi connectivity index (χ4v) is 1.08. The Morgan fingerprint density at radius 2 is 2.30 bits per heavy atom. The molecule has 0 atom stereocenters. The molecule has 0 bridgehead atoms. The summed E-state index contributed by atoms with van der Waals surface area (Å²) in [5, 5.41) is 9.69. The van der Waals surface area contributed by atoms with Crippen LogP contribution in [-0.2, 0) is 4.79 Å². The molecule has 0 radical (unpaired) electrons. The van der Waals surface area contributed by atoms with Crippen molar-refractivity contribution < 1.29 is 9.59 Å². The maximum absolute atomic E-state index is 10.6. The second-order valence-corrected chi connectivity index (χ2v) is 2.50. The van der Waals surface area contributed by atoms with Gasteiger partial charge in [-0.05, 0) is 11.8 Å². The van der Waals surface area contributed by atoms with E-state index in [0.29, 0.717) is 0 Å². The zero-order valence-corrected chi connectivity index (χ0v) is 5.57. The second kappa shape index (κ2) is 2.54. The lowest BCUT2D eigenvalue weighted by molar-refractivity contribution is -0.115. The highest BCUT2D eigenvalue weighted by atomic mass is 32.2. The zero-order valence-electron chi connectivity index (χ0n) is 4.75. The van der Waals surface area contributed by atoms with Crippen LogP contribution in [0.15, 0.2) is 11.0 Å². The number of allylic oxidation sites excluding steroid dienone is 1. The van der Waals surface area contributed by atoms with Gasteiger partial charge in [-0.1, -0.05) is 0 Å². The van der Waals surface area contributed by atoms with Crippen LogP contribution in [0.1, 0.15) is 0 Å². The Morgan fingerprint density at radius 1 is 1.60 bits per heavy atom. The third kappa shape index (κ3) is 1.17. The molecule has 0 aromatic heterocycles. The van der Waals surface area contributed by atoms with Gasteiger partial charge < -0.3 is 0 Å². The number of hydrogen-bond donors (Lipinski definition) is 1. The standard InChI is InChI=1S/C5H2N2O2S/c6-2-1-3-4(8)7-5(9)10-3/h1H,(H,7,8,9). The van der Waals surface area contributed by atoms with Gasteiger partial charge in [0, 0.05) is 6.08 Å². The van der Waals surface area contributed by atoms with E-state index in [0.717, 1.165) is 17.8 Å². The van der Waals surface area contributed by atoms with Crippen LogP contribution in [0.2, 0.25) is 0 Å². The maximum atomic E-state index is 10.6. The molecule has 2 amide bonds. The minimum Gasteiger partial charge on any atom is -0.282 e. The Kier molecular flexibility index (Phi) is 1.73. The minimum absolute atomic E-state index is 0.160. The van der Waals surface area contributed by atoms with Gasteiger partial charge in [-0.25, -0.2) is 0 Å². The molecule has 10 heavy (non-hydrogen) atoms. The Labute approximate surface area is 60.9 Å². The summed E-state index contributed by atoms with van der Waals surface area (Å²) in [6.45, 7) is 0. The van der Waals surface area contributed by atoms with Gasteiger partial charge in [0.2, 0.25) is 0 Å². The molecular weight excluding hydrogens is 152 g/mol. The summed E-state index contributed by atoms with van der Waals surface area (Å²) in [6.07, 6.45) is 1.05.